The summed E-state index contributed by atoms with van der Waals surface area (Å²) in [5.74, 6) is 1.09. The van der Waals surface area contributed by atoms with Crippen molar-refractivity contribution in [2.24, 2.45) is 0 Å². The number of nitrogens with two attached hydrogens (primary N) is 1. The number of anilines is 1. The average Bonchev–Trinajstić information content (AvgIpc) is 2.86. The standard InChI is InChI=1S/C9H8N6/c10-7-6-8(12-5-11-7)14-9(13-6)15-3-1-2-4-15/h1-5H,(H3,10,11,12,13,14). The fraction of sp³-hybridized carbons (Fsp3) is 0. The maximum absolute atomic E-state index is 5.69. The third kappa shape index (κ3) is 1.15. The number of H-pyrrole nitrogens is 1. The molecule has 0 aliphatic carbocycles. The zero-order valence-electron chi connectivity index (χ0n) is 7.75. The van der Waals surface area contributed by atoms with E-state index in [1.165, 1.54) is 6.33 Å². The van der Waals surface area contributed by atoms with Crippen LogP contribution in [-0.4, -0.2) is 24.5 Å². The van der Waals surface area contributed by atoms with Crippen molar-refractivity contribution in [3.8, 4) is 5.95 Å². The van der Waals surface area contributed by atoms with Gasteiger partial charge in [-0.05, 0) is 12.1 Å². The molecule has 0 aromatic carbocycles. The minimum atomic E-state index is 0.408. The van der Waals surface area contributed by atoms with Crippen LogP contribution < -0.4 is 5.73 Å². The fourth-order valence-electron chi connectivity index (χ4n) is 1.43. The molecule has 74 valence electrons. The third-order valence-corrected chi connectivity index (χ3v) is 2.15. The van der Waals surface area contributed by atoms with Crippen molar-refractivity contribution in [1.29, 1.82) is 0 Å². The van der Waals surface area contributed by atoms with Crippen LogP contribution in [0.5, 0.6) is 0 Å². The first-order valence-corrected chi connectivity index (χ1v) is 4.44. The highest BCUT2D eigenvalue weighted by Gasteiger charge is 2.07. The molecule has 0 fully saturated rings. The Kier molecular flexibility index (Phi) is 1.49. The Morgan fingerprint density at radius 3 is 2.73 bits per heavy atom. The van der Waals surface area contributed by atoms with Gasteiger partial charge in [0.1, 0.15) is 11.8 Å². The van der Waals surface area contributed by atoms with Gasteiger partial charge in [0, 0.05) is 12.4 Å². The van der Waals surface area contributed by atoms with E-state index in [9.17, 15) is 0 Å². The maximum atomic E-state index is 5.69. The van der Waals surface area contributed by atoms with Gasteiger partial charge in [-0.25, -0.2) is 9.97 Å². The Labute approximate surface area is 84.8 Å². The smallest absolute Gasteiger partial charge is 0.213 e. The van der Waals surface area contributed by atoms with Crippen LogP contribution in [-0.2, 0) is 0 Å². The highest BCUT2D eigenvalue weighted by molar-refractivity contribution is 5.81. The Hall–Kier alpha value is -2.37. The van der Waals surface area contributed by atoms with E-state index in [0.29, 0.717) is 22.9 Å². The molecule has 6 heteroatoms. The van der Waals surface area contributed by atoms with Crippen LogP contribution >= 0.6 is 0 Å². The number of hydrogen-bond acceptors (Lipinski definition) is 4. The summed E-state index contributed by atoms with van der Waals surface area (Å²) in [5, 5.41) is 0. The van der Waals surface area contributed by atoms with Crippen LogP contribution in [0, 0.1) is 0 Å². The summed E-state index contributed by atoms with van der Waals surface area (Å²) >= 11 is 0. The minimum Gasteiger partial charge on any atom is -0.382 e. The highest BCUT2D eigenvalue weighted by Crippen LogP contribution is 2.15. The number of nitrogens with one attached hydrogen (secondary N) is 1. The molecule has 3 N–H and O–H groups in total. The molecule has 3 aromatic heterocycles. The molecule has 0 radical (unpaired) electrons. The highest BCUT2D eigenvalue weighted by atomic mass is 15.2. The van der Waals surface area contributed by atoms with Crippen LogP contribution in [0.2, 0.25) is 0 Å². The molecule has 0 amide bonds. The average molecular weight is 200 g/mol. The van der Waals surface area contributed by atoms with Gasteiger partial charge >= 0.3 is 0 Å². The van der Waals surface area contributed by atoms with Gasteiger partial charge in [-0.2, -0.15) is 4.98 Å². The second-order valence-corrected chi connectivity index (χ2v) is 3.11. The van der Waals surface area contributed by atoms with Gasteiger partial charge in [0.15, 0.2) is 11.5 Å². The summed E-state index contributed by atoms with van der Waals surface area (Å²) in [6.07, 6.45) is 5.18. The summed E-state index contributed by atoms with van der Waals surface area (Å²) in [6.45, 7) is 0. The van der Waals surface area contributed by atoms with E-state index >= 15 is 0 Å². The second-order valence-electron chi connectivity index (χ2n) is 3.11. The Balaban J connectivity index is 2.27. The van der Waals surface area contributed by atoms with E-state index in [-0.39, 0.29) is 0 Å². The molecule has 6 nitrogen and oxygen atoms in total. The lowest BCUT2D eigenvalue weighted by Gasteiger charge is -1.93. The minimum absolute atomic E-state index is 0.408. The number of rotatable bonds is 1. The van der Waals surface area contributed by atoms with Crippen LogP contribution in [0.25, 0.3) is 17.1 Å². The quantitative estimate of drug-likeness (QED) is 0.606. The first-order chi connectivity index (χ1) is 7.34. The summed E-state index contributed by atoms with van der Waals surface area (Å²) in [7, 11) is 0. The number of imidazole rings is 1. The van der Waals surface area contributed by atoms with Crippen molar-refractivity contribution < 1.29 is 0 Å². The predicted molar refractivity (Wildman–Crippen MR) is 55.4 cm³/mol. The maximum Gasteiger partial charge on any atom is 0.213 e. The lowest BCUT2D eigenvalue weighted by molar-refractivity contribution is 0.979. The zero-order valence-corrected chi connectivity index (χ0v) is 7.75. The van der Waals surface area contributed by atoms with Gasteiger partial charge in [-0.1, -0.05) is 0 Å². The van der Waals surface area contributed by atoms with E-state index in [1.54, 1.807) is 0 Å². The van der Waals surface area contributed by atoms with Gasteiger partial charge < -0.3 is 10.7 Å². The van der Waals surface area contributed by atoms with E-state index in [0.717, 1.165) is 0 Å². The SMILES string of the molecule is Nc1ncnc2nc(-n3cccc3)[nH]c12. The van der Waals surface area contributed by atoms with Crippen LogP contribution in [0.4, 0.5) is 5.82 Å². The molecule has 0 spiro atoms. The summed E-state index contributed by atoms with van der Waals surface area (Å²) in [6, 6.07) is 3.84. The normalized spacial score (nSPS) is 10.9. The number of aromatic amines is 1. The summed E-state index contributed by atoms with van der Waals surface area (Å²) in [5.41, 5.74) is 6.93. The molecule has 3 heterocycles. The first kappa shape index (κ1) is 7.98. The van der Waals surface area contributed by atoms with Crippen molar-refractivity contribution in [3.63, 3.8) is 0 Å². The van der Waals surface area contributed by atoms with Crippen molar-refractivity contribution in [2.75, 3.05) is 5.73 Å². The molecular formula is C9H8N6. The molecule has 0 unspecified atom stereocenters. The third-order valence-electron chi connectivity index (χ3n) is 2.15. The number of nitrogen functional groups attached to an aromatic ring is 1. The number of nitrogens with zero attached hydrogens (tertiary/aromatic N) is 4. The zero-order chi connectivity index (χ0) is 10.3. The van der Waals surface area contributed by atoms with Crippen LogP contribution in [0.3, 0.4) is 0 Å². The molecular weight excluding hydrogens is 192 g/mol. The van der Waals surface area contributed by atoms with Gasteiger partial charge in [0.05, 0.1) is 0 Å². The molecule has 0 saturated carbocycles. The molecule has 0 aliphatic rings. The Bertz CT molecular complexity index is 594. The summed E-state index contributed by atoms with van der Waals surface area (Å²) in [4.78, 5) is 15.3. The molecule has 3 rings (SSSR count). The largest absolute Gasteiger partial charge is 0.382 e. The van der Waals surface area contributed by atoms with E-state index in [2.05, 4.69) is 19.9 Å². The number of aromatic nitrogens is 5. The lowest BCUT2D eigenvalue weighted by atomic mass is 10.5. The molecule has 0 bridgehead atoms. The van der Waals surface area contributed by atoms with E-state index < -0.39 is 0 Å². The number of hydrogen-bond donors (Lipinski definition) is 2. The van der Waals surface area contributed by atoms with Crippen LogP contribution in [0.1, 0.15) is 0 Å². The first-order valence-electron chi connectivity index (χ1n) is 4.44. The molecule has 0 atom stereocenters. The number of fused-ring (bicyclic) bond motifs is 1. The predicted octanol–water partition coefficient (Wildman–Crippen LogP) is 0.726. The van der Waals surface area contributed by atoms with Crippen molar-refractivity contribution in [2.45, 2.75) is 0 Å². The monoisotopic (exact) mass is 200 g/mol. The van der Waals surface area contributed by atoms with E-state index in [1.807, 2.05) is 29.1 Å². The molecule has 0 aliphatic heterocycles. The summed E-state index contributed by atoms with van der Waals surface area (Å²) < 4.78 is 1.85. The topological polar surface area (TPSA) is 85.4 Å². The lowest BCUT2D eigenvalue weighted by Crippen LogP contribution is -1.92. The Morgan fingerprint density at radius 1 is 1.20 bits per heavy atom. The van der Waals surface area contributed by atoms with E-state index in [4.69, 9.17) is 5.73 Å². The van der Waals surface area contributed by atoms with Crippen molar-refractivity contribution in [1.82, 2.24) is 24.5 Å². The van der Waals surface area contributed by atoms with Crippen molar-refractivity contribution in [3.05, 3.63) is 30.9 Å². The Morgan fingerprint density at radius 2 is 2.00 bits per heavy atom. The molecule has 15 heavy (non-hydrogen) atoms. The van der Waals surface area contributed by atoms with Gasteiger partial charge in [0.2, 0.25) is 5.95 Å². The molecule has 0 saturated heterocycles. The van der Waals surface area contributed by atoms with Gasteiger partial charge in [0.25, 0.3) is 0 Å². The second kappa shape index (κ2) is 2.81. The van der Waals surface area contributed by atoms with Gasteiger partial charge in [-0.15, -0.1) is 0 Å². The fourth-order valence-corrected chi connectivity index (χ4v) is 1.43. The van der Waals surface area contributed by atoms with Crippen molar-refractivity contribution >= 4 is 17.0 Å². The van der Waals surface area contributed by atoms with Gasteiger partial charge in [-0.3, -0.25) is 4.57 Å². The molecule has 3 aromatic rings. The van der Waals surface area contributed by atoms with Crippen LogP contribution in [0.15, 0.2) is 30.9 Å².